The number of Topliss-reactive ketones (excluding diaryl/α,β-unsaturated/α-hetero) is 1. The second kappa shape index (κ2) is 7.69. The van der Waals surface area contributed by atoms with Crippen molar-refractivity contribution in [2.45, 2.75) is 45.4 Å². The number of hydrogen-bond acceptors (Lipinski definition) is 5. The van der Waals surface area contributed by atoms with Gasteiger partial charge in [0, 0.05) is 34.5 Å². The number of hydrogen-bond donors (Lipinski definition) is 3. The van der Waals surface area contributed by atoms with Crippen molar-refractivity contribution in [1.29, 1.82) is 0 Å². The largest absolute Gasteiger partial charge is 0.508 e. The molecule has 1 atom stereocenters. The lowest BCUT2D eigenvalue weighted by Gasteiger charge is -2.29. The third-order valence-electron chi connectivity index (χ3n) is 5.42. The van der Waals surface area contributed by atoms with Gasteiger partial charge in [-0.25, -0.2) is 0 Å². The fraction of sp³-hybridized carbons (Fsp3) is 0.375. The fourth-order valence-corrected chi connectivity index (χ4v) is 3.52. The minimum absolute atomic E-state index is 0.0219. The number of aliphatic hydroxyl groups excluding tert-OH is 1. The highest BCUT2D eigenvalue weighted by atomic mass is 16.3. The lowest BCUT2D eigenvalue weighted by atomic mass is 9.78. The molecule has 158 valence electrons. The molecule has 0 aromatic heterocycles. The molecule has 0 saturated carbocycles. The van der Waals surface area contributed by atoms with Crippen LogP contribution in [0.1, 0.15) is 56.1 Å². The van der Waals surface area contributed by atoms with Gasteiger partial charge in [0.15, 0.2) is 5.78 Å². The standard InChI is InChI=1S/C24H28N2O4/c1-23(2,3)16-10-17(24(4,5)13-27)20(28)11-19(16)26-22(30)15-12-25-18-9-7-6-8-14(18)21(15)29/h6-12,15,27-28H,13H2,1-5H3,(H,26,30). The van der Waals surface area contributed by atoms with Gasteiger partial charge in [-0.05, 0) is 29.2 Å². The van der Waals surface area contributed by atoms with Gasteiger partial charge < -0.3 is 15.5 Å². The molecular weight excluding hydrogens is 380 g/mol. The lowest BCUT2D eigenvalue weighted by molar-refractivity contribution is -0.116. The first-order chi connectivity index (χ1) is 14.0. The monoisotopic (exact) mass is 408 g/mol. The average molecular weight is 408 g/mol. The molecule has 2 aromatic carbocycles. The van der Waals surface area contributed by atoms with E-state index in [9.17, 15) is 19.8 Å². The number of carbonyl (C=O) groups is 2. The molecule has 6 nitrogen and oxygen atoms in total. The summed E-state index contributed by atoms with van der Waals surface area (Å²) in [4.78, 5) is 30.0. The van der Waals surface area contributed by atoms with Crippen molar-refractivity contribution >= 4 is 29.3 Å². The van der Waals surface area contributed by atoms with E-state index in [0.29, 0.717) is 22.5 Å². The molecule has 3 rings (SSSR count). The van der Waals surface area contributed by atoms with Gasteiger partial charge in [0.25, 0.3) is 0 Å². The van der Waals surface area contributed by atoms with Crippen LogP contribution in [0, 0.1) is 5.92 Å². The number of anilines is 1. The number of ketones is 1. The molecule has 3 N–H and O–H groups in total. The Kier molecular flexibility index (Phi) is 5.56. The summed E-state index contributed by atoms with van der Waals surface area (Å²) >= 11 is 0. The molecule has 1 aliphatic rings. The maximum Gasteiger partial charge on any atom is 0.240 e. The number of nitrogens with zero attached hydrogens (tertiary/aromatic N) is 1. The number of rotatable bonds is 4. The van der Waals surface area contributed by atoms with Crippen molar-refractivity contribution in [1.82, 2.24) is 0 Å². The molecule has 0 spiro atoms. The Morgan fingerprint density at radius 1 is 1.10 bits per heavy atom. The molecule has 0 radical (unpaired) electrons. The van der Waals surface area contributed by atoms with E-state index in [-0.39, 0.29) is 23.6 Å². The van der Waals surface area contributed by atoms with Crippen molar-refractivity contribution < 1.29 is 19.8 Å². The van der Waals surface area contributed by atoms with E-state index in [1.807, 2.05) is 40.7 Å². The molecule has 0 fully saturated rings. The highest BCUT2D eigenvalue weighted by Crippen LogP contribution is 2.40. The van der Waals surface area contributed by atoms with Crippen molar-refractivity contribution in [3.63, 3.8) is 0 Å². The Balaban J connectivity index is 1.98. The first kappa shape index (κ1) is 21.7. The van der Waals surface area contributed by atoms with Gasteiger partial charge >= 0.3 is 0 Å². The van der Waals surface area contributed by atoms with E-state index in [2.05, 4.69) is 10.3 Å². The Labute approximate surface area is 176 Å². The summed E-state index contributed by atoms with van der Waals surface area (Å²) in [7, 11) is 0. The van der Waals surface area contributed by atoms with Crippen LogP contribution in [0.15, 0.2) is 41.4 Å². The van der Waals surface area contributed by atoms with Crippen LogP contribution in [0.4, 0.5) is 11.4 Å². The molecule has 0 aliphatic carbocycles. The number of fused-ring (bicyclic) bond motifs is 1. The van der Waals surface area contributed by atoms with Crippen LogP contribution >= 0.6 is 0 Å². The van der Waals surface area contributed by atoms with E-state index in [4.69, 9.17) is 0 Å². The summed E-state index contributed by atoms with van der Waals surface area (Å²) in [5.41, 5.74) is 1.79. The van der Waals surface area contributed by atoms with Gasteiger partial charge in [0.1, 0.15) is 11.7 Å². The number of aliphatic imine (C=N–C) groups is 1. The van der Waals surface area contributed by atoms with Crippen LogP contribution in [0.5, 0.6) is 5.75 Å². The van der Waals surface area contributed by atoms with Gasteiger partial charge in [-0.2, -0.15) is 0 Å². The number of aromatic hydroxyl groups is 1. The van der Waals surface area contributed by atoms with Gasteiger partial charge in [0.05, 0.1) is 12.3 Å². The third-order valence-corrected chi connectivity index (χ3v) is 5.42. The fourth-order valence-electron chi connectivity index (χ4n) is 3.52. The lowest BCUT2D eigenvalue weighted by Crippen LogP contribution is -2.33. The van der Waals surface area contributed by atoms with Crippen LogP contribution in [0.3, 0.4) is 0 Å². The van der Waals surface area contributed by atoms with Crippen LogP contribution < -0.4 is 5.32 Å². The van der Waals surface area contributed by atoms with Gasteiger partial charge in [-0.1, -0.05) is 46.8 Å². The number of amides is 1. The molecule has 1 heterocycles. The van der Waals surface area contributed by atoms with Crippen LogP contribution in [-0.4, -0.2) is 34.7 Å². The molecule has 1 aliphatic heterocycles. The minimum Gasteiger partial charge on any atom is -0.508 e. The zero-order chi connectivity index (χ0) is 22.3. The minimum atomic E-state index is -1.04. The maximum absolute atomic E-state index is 13.0. The van der Waals surface area contributed by atoms with Gasteiger partial charge in [-0.15, -0.1) is 0 Å². The second-order valence-corrected chi connectivity index (χ2v) is 9.33. The molecule has 6 heteroatoms. The summed E-state index contributed by atoms with van der Waals surface area (Å²) in [6, 6.07) is 10.2. The quantitative estimate of drug-likeness (QED) is 0.663. The van der Waals surface area contributed by atoms with Gasteiger partial charge in [-0.3, -0.25) is 14.6 Å². The van der Waals surface area contributed by atoms with E-state index in [0.717, 1.165) is 5.56 Å². The van der Waals surface area contributed by atoms with Crippen molar-refractivity contribution in [2.24, 2.45) is 10.9 Å². The number of phenolic OH excluding ortho intramolecular Hbond substituents is 1. The van der Waals surface area contributed by atoms with Crippen molar-refractivity contribution in [3.05, 3.63) is 53.1 Å². The van der Waals surface area contributed by atoms with Gasteiger partial charge in [0.2, 0.25) is 5.91 Å². The maximum atomic E-state index is 13.0. The van der Waals surface area contributed by atoms with E-state index in [1.54, 1.807) is 24.3 Å². The Hall–Kier alpha value is -2.99. The first-order valence-electron chi connectivity index (χ1n) is 9.93. The molecule has 1 amide bonds. The van der Waals surface area contributed by atoms with E-state index in [1.165, 1.54) is 12.3 Å². The Morgan fingerprint density at radius 2 is 1.77 bits per heavy atom. The van der Waals surface area contributed by atoms with Crippen LogP contribution in [-0.2, 0) is 15.6 Å². The summed E-state index contributed by atoms with van der Waals surface area (Å²) in [5, 5.41) is 23.1. The second-order valence-electron chi connectivity index (χ2n) is 9.33. The van der Waals surface area contributed by atoms with Crippen molar-refractivity contribution in [2.75, 3.05) is 11.9 Å². The number of para-hydroxylation sites is 1. The number of nitrogens with one attached hydrogen (secondary N) is 1. The zero-order valence-electron chi connectivity index (χ0n) is 18.0. The summed E-state index contributed by atoms with van der Waals surface area (Å²) in [5.74, 6) is -1.87. The van der Waals surface area contributed by atoms with E-state index >= 15 is 0 Å². The van der Waals surface area contributed by atoms with Crippen LogP contribution in [0.2, 0.25) is 0 Å². The normalized spacial score (nSPS) is 16.3. The predicted molar refractivity (Wildman–Crippen MR) is 118 cm³/mol. The van der Waals surface area contributed by atoms with Crippen LogP contribution in [0.25, 0.3) is 0 Å². The van der Waals surface area contributed by atoms with Crippen molar-refractivity contribution in [3.8, 4) is 5.75 Å². The first-order valence-corrected chi connectivity index (χ1v) is 9.93. The third kappa shape index (κ3) is 4.00. The SMILES string of the molecule is CC(C)(C)c1cc(C(C)(C)CO)c(O)cc1NC(=O)C1C=Nc2ccccc2C1=O. The summed E-state index contributed by atoms with van der Waals surface area (Å²) in [6.45, 7) is 9.52. The number of carbonyl (C=O) groups excluding carboxylic acids is 2. The van der Waals surface area contributed by atoms with E-state index < -0.39 is 17.2 Å². The zero-order valence-corrected chi connectivity index (χ0v) is 18.0. The number of aliphatic hydroxyl groups is 1. The topological polar surface area (TPSA) is 99.0 Å². The Bertz CT molecular complexity index is 1030. The molecule has 30 heavy (non-hydrogen) atoms. The highest BCUT2D eigenvalue weighted by molar-refractivity contribution is 6.25. The summed E-state index contributed by atoms with van der Waals surface area (Å²) in [6.07, 6.45) is 1.36. The molecule has 1 unspecified atom stereocenters. The average Bonchev–Trinajstić information content (AvgIpc) is 2.67. The predicted octanol–water partition coefficient (Wildman–Crippen LogP) is 4.11. The molecule has 0 bridgehead atoms. The number of phenols is 1. The molecular formula is C24H28N2O4. The smallest absolute Gasteiger partial charge is 0.240 e. The Morgan fingerprint density at radius 3 is 2.40 bits per heavy atom. The molecule has 2 aromatic rings. The molecule has 0 saturated heterocycles. The summed E-state index contributed by atoms with van der Waals surface area (Å²) < 4.78 is 0. The highest BCUT2D eigenvalue weighted by Gasteiger charge is 2.33. The number of benzene rings is 2.